The van der Waals surface area contributed by atoms with Crippen LogP contribution in [0.3, 0.4) is 0 Å². The molecule has 0 amide bonds. The average molecular weight is 472 g/mol. The van der Waals surface area contributed by atoms with Crippen LogP contribution >= 0.6 is 11.3 Å². The predicted molar refractivity (Wildman–Crippen MR) is 142 cm³/mol. The molecule has 0 spiro atoms. The molecule has 0 radical (unpaired) electrons. The van der Waals surface area contributed by atoms with Crippen LogP contribution < -0.4 is 11.1 Å². The van der Waals surface area contributed by atoms with Crippen LogP contribution in [0.5, 0.6) is 0 Å². The smallest absolute Gasteiger partial charge is 0.164 e. The monoisotopic (exact) mass is 471 g/mol. The van der Waals surface area contributed by atoms with Gasteiger partial charge in [0, 0.05) is 29.7 Å². The van der Waals surface area contributed by atoms with Gasteiger partial charge in [-0.1, -0.05) is 60.7 Å². The summed E-state index contributed by atoms with van der Waals surface area (Å²) in [5.41, 5.74) is 10.6. The van der Waals surface area contributed by atoms with Gasteiger partial charge in [-0.2, -0.15) is 0 Å². The predicted octanol–water partition coefficient (Wildman–Crippen LogP) is 6.26. The number of aliphatic imine (C=N–C) groups is 1. The molecule has 172 valence electrons. The van der Waals surface area contributed by atoms with Crippen molar-refractivity contribution in [2.24, 2.45) is 10.7 Å². The first-order chi connectivity index (χ1) is 16.6. The fraction of sp³-hybridized carbons (Fsp3) is 0.148. The zero-order chi connectivity index (χ0) is 23.9. The quantitative estimate of drug-likeness (QED) is 0.223. The van der Waals surface area contributed by atoms with Gasteiger partial charge in [0.15, 0.2) is 5.82 Å². The number of anilines is 1. The first-order valence-electron chi connectivity index (χ1n) is 10.9. The van der Waals surface area contributed by atoms with Crippen LogP contribution in [0.15, 0.2) is 89.1 Å². The van der Waals surface area contributed by atoms with Gasteiger partial charge in [0.05, 0.1) is 15.8 Å². The lowest BCUT2D eigenvalue weighted by Gasteiger charge is -2.15. The molecule has 1 atom stereocenters. The molecule has 0 aliphatic heterocycles. The van der Waals surface area contributed by atoms with E-state index < -0.39 is 5.83 Å². The molecule has 2 heterocycles. The lowest BCUT2D eigenvalue weighted by Crippen LogP contribution is -2.31. The summed E-state index contributed by atoms with van der Waals surface area (Å²) >= 11 is 1.55. The molecule has 4 aromatic rings. The molecule has 0 unspecified atom stereocenters. The number of hydrogen-bond donors (Lipinski definition) is 2. The van der Waals surface area contributed by atoms with Crippen LogP contribution in [0.1, 0.15) is 18.3 Å². The normalized spacial score (nSPS) is 13.1. The van der Waals surface area contributed by atoms with E-state index >= 15 is 0 Å². The van der Waals surface area contributed by atoms with E-state index in [1.54, 1.807) is 11.3 Å². The molecule has 0 saturated heterocycles. The summed E-state index contributed by atoms with van der Waals surface area (Å²) in [6.07, 6.45) is 3.70. The summed E-state index contributed by atoms with van der Waals surface area (Å²) in [6.45, 7) is 5.33. The minimum atomic E-state index is -0.400. The summed E-state index contributed by atoms with van der Waals surface area (Å²) in [4.78, 5) is 13.1. The lowest BCUT2D eigenvalue weighted by molar-refractivity contribution is 0.643. The Bertz CT molecular complexity index is 1330. The average Bonchev–Trinajstić information content (AvgIpc) is 3.28. The topological polar surface area (TPSA) is 76.2 Å². The summed E-state index contributed by atoms with van der Waals surface area (Å²) in [7, 11) is 0. The Morgan fingerprint density at radius 3 is 2.53 bits per heavy atom. The third-order valence-electron chi connectivity index (χ3n) is 5.33. The van der Waals surface area contributed by atoms with Crippen LogP contribution in [0.4, 0.5) is 10.2 Å². The number of benzene rings is 2. The van der Waals surface area contributed by atoms with Gasteiger partial charge >= 0.3 is 0 Å². The molecule has 7 heteroatoms. The Balaban J connectivity index is 1.73. The molecule has 4 rings (SSSR count). The lowest BCUT2D eigenvalue weighted by atomic mass is 10.1. The second kappa shape index (κ2) is 11.0. The van der Waals surface area contributed by atoms with Crippen molar-refractivity contribution in [3.05, 3.63) is 95.5 Å². The van der Waals surface area contributed by atoms with Crippen molar-refractivity contribution < 1.29 is 4.39 Å². The number of nitrogens with one attached hydrogen (secondary N) is 1. The second-order valence-electron chi connectivity index (χ2n) is 7.87. The van der Waals surface area contributed by atoms with E-state index in [1.807, 2.05) is 48.5 Å². The first kappa shape index (κ1) is 23.5. The van der Waals surface area contributed by atoms with E-state index in [1.165, 1.54) is 24.8 Å². The van der Waals surface area contributed by atoms with Crippen molar-refractivity contribution in [2.75, 3.05) is 11.9 Å². The number of nitrogens with two attached hydrogens (primary N) is 1. The number of rotatable bonds is 9. The van der Waals surface area contributed by atoms with Gasteiger partial charge in [0.2, 0.25) is 0 Å². The van der Waals surface area contributed by atoms with Gasteiger partial charge in [-0.3, -0.25) is 4.99 Å². The van der Waals surface area contributed by atoms with Gasteiger partial charge in [0.1, 0.15) is 11.6 Å². The molecular formula is C27H26FN5S. The zero-order valence-corrected chi connectivity index (χ0v) is 19.7. The fourth-order valence-corrected chi connectivity index (χ4v) is 4.65. The van der Waals surface area contributed by atoms with Gasteiger partial charge in [-0.15, -0.1) is 11.3 Å². The Morgan fingerprint density at radius 1 is 1.15 bits per heavy atom. The van der Waals surface area contributed by atoms with Crippen molar-refractivity contribution >= 4 is 39.7 Å². The highest BCUT2D eigenvalue weighted by Gasteiger charge is 2.18. The van der Waals surface area contributed by atoms with Crippen LogP contribution in [0.2, 0.25) is 0 Å². The molecular weight excluding hydrogens is 445 g/mol. The van der Waals surface area contributed by atoms with Crippen molar-refractivity contribution in [3.63, 3.8) is 0 Å². The minimum Gasteiger partial charge on any atom is -0.367 e. The second-order valence-corrected chi connectivity index (χ2v) is 8.74. The molecule has 0 aliphatic rings. The Hall–Kier alpha value is -3.68. The van der Waals surface area contributed by atoms with Crippen LogP contribution in [-0.4, -0.2) is 29.3 Å². The van der Waals surface area contributed by atoms with Gasteiger partial charge < -0.3 is 11.1 Å². The van der Waals surface area contributed by atoms with Crippen LogP contribution in [0, 0.1) is 0 Å². The number of aromatic nitrogens is 2. The molecule has 2 aromatic heterocycles. The maximum absolute atomic E-state index is 14.5. The molecule has 0 bridgehead atoms. The van der Waals surface area contributed by atoms with Crippen LogP contribution in [0.25, 0.3) is 26.9 Å². The van der Waals surface area contributed by atoms with Gasteiger partial charge in [-0.25, -0.2) is 14.4 Å². The maximum Gasteiger partial charge on any atom is 0.164 e. The summed E-state index contributed by atoms with van der Waals surface area (Å²) < 4.78 is 15.4. The third-order valence-corrected chi connectivity index (χ3v) is 6.31. The molecule has 0 saturated carbocycles. The van der Waals surface area contributed by atoms with Crippen molar-refractivity contribution in [3.8, 4) is 11.1 Å². The van der Waals surface area contributed by atoms with E-state index in [0.29, 0.717) is 12.4 Å². The number of halogens is 1. The third kappa shape index (κ3) is 5.44. The Morgan fingerprint density at radius 2 is 1.85 bits per heavy atom. The van der Waals surface area contributed by atoms with Crippen molar-refractivity contribution in [2.45, 2.75) is 19.4 Å². The summed E-state index contributed by atoms with van der Waals surface area (Å²) in [5, 5.41) is 5.45. The maximum atomic E-state index is 14.5. The van der Waals surface area contributed by atoms with E-state index in [4.69, 9.17) is 10.7 Å². The summed E-state index contributed by atoms with van der Waals surface area (Å²) in [5.74, 6) is 0.513. The molecule has 34 heavy (non-hydrogen) atoms. The van der Waals surface area contributed by atoms with Crippen LogP contribution in [-0.2, 0) is 6.42 Å². The summed E-state index contributed by atoms with van der Waals surface area (Å²) in [6, 6.07) is 20.0. The van der Waals surface area contributed by atoms with E-state index in [0.717, 1.165) is 27.8 Å². The van der Waals surface area contributed by atoms with Gasteiger partial charge in [-0.05, 0) is 37.3 Å². The number of allylic oxidation sites excluding steroid dienone is 3. The van der Waals surface area contributed by atoms with Crippen molar-refractivity contribution in [1.29, 1.82) is 0 Å². The minimum absolute atomic E-state index is 0.118. The Kier molecular flexibility index (Phi) is 7.57. The Labute approximate surface area is 202 Å². The SMILES string of the molecule is C=N/C=C\C(=C(/C)F)c1nc(NC[C@@H](N)Cc2ccccc2)c2scc(-c3ccccc3)c2n1. The number of thiophene rings is 1. The highest BCUT2D eigenvalue weighted by atomic mass is 32.1. The number of nitrogens with zero attached hydrogens (tertiary/aromatic N) is 3. The zero-order valence-electron chi connectivity index (χ0n) is 18.9. The largest absolute Gasteiger partial charge is 0.367 e. The fourth-order valence-electron chi connectivity index (χ4n) is 3.67. The molecule has 5 nitrogen and oxygen atoms in total. The highest BCUT2D eigenvalue weighted by Crippen LogP contribution is 2.37. The molecule has 0 fully saturated rings. The van der Waals surface area contributed by atoms with E-state index in [9.17, 15) is 4.39 Å². The van der Waals surface area contributed by atoms with Crippen molar-refractivity contribution in [1.82, 2.24) is 9.97 Å². The van der Waals surface area contributed by atoms with E-state index in [2.05, 4.69) is 39.5 Å². The first-order valence-corrected chi connectivity index (χ1v) is 11.8. The highest BCUT2D eigenvalue weighted by molar-refractivity contribution is 7.18. The number of fused-ring (bicyclic) bond motifs is 1. The standard InChI is InChI=1S/C27H26FN5S/c1-18(28)22(13-14-30-2)26-32-24-23(20-11-7-4-8-12-20)17-34-25(24)27(33-26)31-16-21(29)15-19-9-5-3-6-10-19/h3-14,17,21H,2,15-16,29H2,1H3,(H,31,32,33)/b14-13-,22-18-/t21-/m0/s1. The number of hydrogen-bond acceptors (Lipinski definition) is 6. The molecule has 0 aliphatic carbocycles. The molecule has 3 N–H and O–H groups in total. The van der Waals surface area contributed by atoms with E-state index in [-0.39, 0.29) is 17.4 Å². The molecule has 2 aromatic carbocycles. The van der Waals surface area contributed by atoms with Gasteiger partial charge in [0.25, 0.3) is 0 Å².